The van der Waals surface area contributed by atoms with Crippen molar-refractivity contribution < 1.29 is 9.53 Å². The normalized spacial score (nSPS) is 25.2. The number of nitriles is 1. The van der Waals surface area contributed by atoms with E-state index in [1.54, 1.807) is 17.5 Å². The van der Waals surface area contributed by atoms with Crippen molar-refractivity contribution in [3.8, 4) is 6.07 Å². The minimum absolute atomic E-state index is 0.0627. The van der Waals surface area contributed by atoms with Crippen LogP contribution in [0.15, 0.2) is 11.6 Å². The largest absolute Gasteiger partial charge is 0.368 e. The van der Waals surface area contributed by atoms with Crippen molar-refractivity contribution in [2.75, 3.05) is 26.2 Å². The van der Waals surface area contributed by atoms with E-state index in [9.17, 15) is 10.1 Å². The lowest BCUT2D eigenvalue weighted by Crippen LogP contribution is -2.51. The zero-order valence-corrected chi connectivity index (χ0v) is 13.4. The Balaban J connectivity index is 1.54. The first-order valence-corrected chi connectivity index (χ1v) is 8.44. The van der Waals surface area contributed by atoms with E-state index in [1.165, 1.54) is 0 Å². The highest BCUT2D eigenvalue weighted by atomic mass is 32.1. The summed E-state index contributed by atoms with van der Waals surface area (Å²) in [5.74, 6) is 0.213. The van der Waals surface area contributed by atoms with E-state index < -0.39 is 5.54 Å². The van der Waals surface area contributed by atoms with Crippen LogP contribution in [0.1, 0.15) is 30.9 Å². The summed E-state index contributed by atoms with van der Waals surface area (Å²) in [6, 6.07) is 2.26. The average molecular weight is 320 g/mol. The number of carbonyl (C=O) groups is 1. The predicted molar refractivity (Wildman–Crippen MR) is 82.1 cm³/mol. The van der Waals surface area contributed by atoms with Crippen molar-refractivity contribution in [3.63, 3.8) is 0 Å². The molecule has 2 atom stereocenters. The first-order valence-electron chi connectivity index (χ1n) is 7.56. The third-order valence-corrected chi connectivity index (χ3v) is 5.14. The van der Waals surface area contributed by atoms with Crippen LogP contribution in [-0.4, -0.2) is 47.6 Å². The molecular formula is C15H20N4O2S. The number of thiazole rings is 1. The van der Waals surface area contributed by atoms with Crippen LogP contribution in [0.2, 0.25) is 0 Å². The molecule has 1 aliphatic carbocycles. The van der Waals surface area contributed by atoms with Gasteiger partial charge in [-0.1, -0.05) is 0 Å². The van der Waals surface area contributed by atoms with E-state index >= 15 is 0 Å². The number of rotatable bonds is 5. The summed E-state index contributed by atoms with van der Waals surface area (Å²) < 4.78 is 5.73. The number of hydrogen-bond acceptors (Lipinski definition) is 6. The molecule has 1 N–H and O–H groups in total. The van der Waals surface area contributed by atoms with Gasteiger partial charge in [-0.2, -0.15) is 5.26 Å². The van der Waals surface area contributed by atoms with Crippen LogP contribution in [0.4, 0.5) is 0 Å². The maximum Gasteiger partial charge on any atom is 0.235 e. The van der Waals surface area contributed by atoms with Gasteiger partial charge in [-0.3, -0.25) is 9.69 Å². The molecule has 1 aliphatic heterocycles. The molecule has 2 aliphatic rings. The number of ether oxygens (including phenoxy) is 1. The Labute approximate surface area is 134 Å². The zero-order chi connectivity index (χ0) is 15.6. The number of morpholine rings is 1. The first kappa shape index (κ1) is 15.4. The van der Waals surface area contributed by atoms with Crippen molar-refractivity contribution >= 4 is 17.2 Å². The zero-order valence-electron chi connectivity index (χ0n) is 12.6. The minimum Gasteiger partial charge on any atom is -0.368 e. The molecule has 0 unspecified atom stereocenters. The monoisotopic (exact) mass is 320 g/mol. The standard InChI is InChI=1S/C15H20N4O2S/c1-15(10-16,11-2-3-11)18-13(20)9-19-5-6-21-12(8-19)14-17-4-7-22-14/h4,7,11-12H,2-3,5-6,8-9H2,1H3,(H,18,20)/t12-,15-/m0/s1. The summed E-state index contributed by atoms with van der Waals surface area (Å²) in [4.78, 5) is 18.6. The summed E-state index contributed by atoms with van der Waals surface area (Å²) in [6.45, 7) is 4.10. The van der Waals surface area contributed by atoms with Gasteiger partial charge in [-0.25, -0.2) is 4.98 Å². The Morgan fingerprint density at radius 2 is 2.50 bits per heavy atom. The minimum atomic E-state index is -0.724. The molecule has 2 heterocycles. The summed E-state index contributed by atoms with van der Waals surface area (Å²) in [7, 11) is 0. The fourth-order valence-corrected chi connectivity index (χ4v) is 3.48. The molecule has 1 aromatic rings. The summed E-state index contributed by atoms with van der Waals surface area (Å²) in [5.41, 5.74) is -0.724. The van der Waals surface area contributed by atoms with E-state index in [0.29, 0.717) is 25.6 Å². The number of hydrogen-bond donors (Lipinski definition) is 1. The van der Waals surface area contributed by atoms with Gasteiger partial charge in [0.05, 0.1) is 19.2 Å². The highest BCUT2D eigenvalue weighted by molar-refractivity contribution is 7.09. The number of carbonyl (C=O) groups excluding carboxylic acids is 1. The van der Waals surface area contributed by atoms with Crippen LogP contribution < -0.4 is 5.32 Å². The van der Waals surface area contributed by atoms with Gasteiger partial charge in [0.1, 0.15) is 16.7 Å². The molecular weight excluding hydrogens is 300 g/mol. The van der Waals surface area contributed by atoms with Crippen LogP contribution in [0, 0.1) is 17.2 Å². The molecule has 2 fully saturated rings. The second-order valence-electron chi connectivity index (χ2n) is 6.10. The second-order valence-corrected chi connectivity index (χ2v) is 7.03. The third kappa shape index (κ3) is 3.46. The summed E-state index contributed by atoms with van der Waals surface area (Å²) in [6.07, 6.45) is 3.75. The van der Waals surface area contributed by atoms with Gasteiger partial charge in [0, 0.05) is 24.7 Å². The molecule has 118 valence electrons. The van der Waals surface area contributed by atoms with Crippen molar-refractivity contribution in [1.82, 2.24) is 15.2 Å². The Morgan fingerprint density at radius 1 is 1.68 bits per heavy atom. The SMILES string of the molecule is C[C@@](C#N)(NC(=O)CN1CCO[C@H](c2nccs2)C1)C1CC1. The molecule has 1 aromatic heterocycles. The smallest absolute Gasteiger partial charge is 0.235 e. The van der Waals surface area contributed by atoms with Crippen LogP contribution in [0.25, 0.3) is 0 Å². The lowest BCUT2D eigenvalue weighted by molar-refractivity contribution is -0.125. The average Bonchev–Trinajstić information content (AvgIpc) is 3.23. The van der Waals surface area contributed by atoms with Gasteiger partial charge in [0.2, 0.25) is 5.91 Å². The van der Waals surface area contributed by atoms with Crippen LogP contribution in [-0.2, 0) is 9.53 Å². The summed E-state index contributed by atoms with van der Waals surface area (Å²) >= 11 is 1.57. The quantitative estimate of drug-likeness (QED) is 0.885. The number of nitrogens with one attached hydrogen (secondary N) is 1. The van der Waals surface area contributed by atoms with E-state index in [0.717, 1.165) is 24.4 Å². The molecule has 1 saturated heterocycles. The van der Waals surface area contributed by atoms with Crippen LogP contribution in [0.5, 0.6) is 0 Å². The van der Waals surface area contributed by atoms with Gasteiger partial charge < -0.3 is 10.1 Å². The Kier molecular flexibility index (Phi) is 4.43. The number of nitrogens with zero attached hydrogens (tertiary/aromatic N) is 3. The fraction of sp³-hybridized carbons (Fsp3) is 0.667. The molecule has 22 heavy (non-hydrogen) atoms. The molecule has 0 aromatic carbocycles. The van der Waals surface area contributed by atoms with Gasteiger partial charge in [0.15, 0.2) is 0 Å². The fourth-order valence-electron chi connectivity index (χ4n) is 2.80. The molecule has 0 spiro atoms. The molecule has 0 radical (unpaired) electrons. The number of amides is 1. The molecule has 7 heteroatoms. The van der Waals surface area contributed by atoms with Crippen LogP contribution >= 0.6 is 11.3 Å². The van der Waals surface area contributed by atoms with Gasteiger partial charge in [0.25, 0.3) is 0 Å². The molecule has 0 bridgehead atoms. The predicted octanol–water partition coefficient (Wildman–Crippen LogP) is 1.32. The maximum atomic E-state index is 12.3. The Morgan fingerprint density at radius 3 is 3.14 bits per heavy atom. The third-order valence-electron chi connectivity index (χ3n) is 4.27. The highest BCUT2D eigenvalue weighted by Crippen LogP contribution is 2.39. The molecule has 1 saturated carbocycles. The van der Waals surface area contributed by atoms with Gasteiger partial charge in [-0.05, 0) is 25.7 Å². The topological polar surface area (TPSA) is 78.2 Å². The van der Waals surface area contributed by atoms with Gasteiger partial charge >= 0.3 is 0 Å². The molecule has 6 nitrogen and oxygen atoms in total. The molecule has 1 amide bonds. The second kappa shape index (κ2) is 6.32. The number of aromatic nitrogens is 1. The highest BCUT2D eigenvalue weighted by Gasteiger charge is 2.43. The van der Waals surface area contributed by atoms with E-state index in [4.69, 9.17) is 4.74 Å². The lowest BCUT2D eigenvalue weighted by Gasteiger charge is -2.32. The maximum absolute atomic E-state index is 12.3. The van der Waals surface area contributed by atoms with Crippen molar-refractivity contribution in [3.05, 3.63) is 16.6 Å². The Hall–Kier alpha value is -1.49. The van der Waals surface area contributed by atoms with Crippen LogP contribution in [0.3, 0.4) is 0 Å². The summed E-state index contributed by atoms with van der Waals surface area (Å²) in [5, 5.41) is 15.1. The van der Waals surface area contributed by atoms with E-state index in [2.05, 4.69) is 21.3 Å². The van der Waals surface area contributed by atoms with Crippen molar-refractivity contribution in [2.45, 2.75) is 31.4 Å². The van der Waals surface area contributed by atoms with E-state index in [-0.39, 0.29) is 12.0 Å². The lowest BCUT2D eigenvalue weighted by atomic mass is 9.98. The van der Waals surface area contributed by atoms with Crippen molar-refractivity contribution in [2.24, 2.45) is 5.92 Å². The first-order chi connectivity index (χ1) is 10.6. The molecule has 3 rings (SSSR count). The Bertz CT molecular complexity index is 567. The van der Waals surface area contributed by atoms with E-state index in [1.807, 2.05) is 12.3 Å². The van der Waals surface area contributed by atoms with Crippen molar-refractivity contribution in [1.29, 1.82) is 5.26 Å². The van der Waals surface area contributed by atoms with Gasteiger partial charge in [-0.15, -0.1) is 11.3 Å².